The molecular formula is C21H19NO6. The molecule has 0 spiro atoms. The monoisotopic (exact) mass is 381 g/mol. The highest BCUT2D eigenvalue weighted by Gasteiger charge is 2.51. The number of rotatable bonds is 1. The lowest BCUT2D eigenvalue weighted by Crippen LogP contribution is -2.52. The number of hydrogen-bond acceptors (Lipinski definition) is 7. The third kappa shape index (κ3) is 2.16. The van der Waals surface area contributed by atoms with Gasteiger partial charge in [-0.1, -0.05) is 12.1 Å². The molecular weight excluding hydrogens is 362 g/mol. The van der Waals surface area contributed by atoms with Crippen LogP contribution in [-0.4, -0.2) is 38.7 Å². The van der Waals surface area contributed by atoms with Crippen LogP contribution in [0.3, 0.4) is 0 Å². The number of allylic oxidation sites excluding steroid dienone is 1. The van der Waals surface area contributed by atoms with E-state index in [-0.39, 0.29) is 28.9 Å². The molecule has 0 saturated heterocycles. The first-order valence-electron chi connectivity index (χ1n) is 8.91. The van der Waals surface area contributed by atoms with Crippen LogP contribution >= 0.6 is 0 Å². The van der Waals surface area contributed by atoms with Crippen molar-refractivity contribution in [2.45, 2.75) is 26.3 Å². The van der Waals surface area contributed by atoms with Crippen molar-refractivity contribution in [3.8, 4) is 11.5 Å². The zero-order valence-electron chi connectivity index (χ0n) is 15.3. The van der Waals surface area contributed by atoms with Crippen molar-refractivity contribution in [3.05, 3.63) is 46.2 Å². The number of Topliss-reactive ketones (excluding diaryl/α,β-unsaturated/α-hetero) is 3. The predicted molar refractivity (Wildman–Crippen MR) is 100 cm³/mol. The summed E-state index contributed by atoms with van der Waals surface area (Å²) >= 11 is 0. The van der Waals surface area contributed by atoms with Gasteiger partial charge in [0.25, 0.3) is 0 Å². The van der Waals surface area contributed by atoms with Gasteiger partial charge in [0.05, 0.1) is 22.9 Å². The molecule has 0 bridgehead atoms. The Bertz CT molecular complexity index is 1130. The van der Waals surface area contributed by atoms with E-state index in [2.05, 4.69) is 0 Å². The van der Waals surface area contributed by atoms with Crippen molar-refractivity contribution in [2.24, 2.45) is 17.6 Å². The fourth-order valence-corrected chi connectivity index (χ4v) is 4.60. The second-order valence-electron chi connectivity index (χ2n) is 7.44. The molecule has 0 aromatic heterocycles. The Balaban J connectivity index is 2.01. The zero-order chi connectivity index (χ0) is 20.5. The van der Waals surface area contributed by atoms with E-state index in [9.17, 15) is 29.7 Å². The van der Waals surface area contributed by atoms with E-state index in [0.717, 1.165) is 6.92 Å². The molecule has 0 radical (unpaired) electrons. The molecule has 2 aliphatic rings. The number of ketones is 3. The zero-order valence-corrected chi connectivity index (χ0v) is 15.3. The number of hydrogen-bond donors (Lipinski definition) is 4. The lowest BCUT2D eigenvalue weighted by Gasteiger charge is -2.39. The molecule has 0 fully saturated rings. The molecule has 5 N–H and O–H groups in total. The number of carbonyl (C=O) groups is 3. The van der Waals surface area contributed by atoms with Crippen LogP contribution in [-0.2, 0) is 16.0 Å². The average molecular weight is 381 g/mol. The minimum Gasteiger partial charge on any atom is -0.510 e. The molecule has 0 heterocycles. The lowest BCUT2D eigenvalue weighted by atomic mass is 9.64. The number of phenolic OH excluding ortho intramolecular Hbond substituents is 2. The molecule has 7 nitrogen and oxygen atoms in total. The van der Waals surface area contributed by atoms with E-state index in [1.807, 2.05) is 0 Å². The largest absolute Gasteiger partial charge is 0.510 e. The van der Waals surface area contributed by atoms with Gasteiger partial charge in [0.15, 0.2) is 17.3 Å². The van der Waals surface area contributed by atoms with Gasteiger partial charge in [0.1, 0.15) is 22.8 Å². The summed E-state index contributed by atoms with van der Waals surface area (Å²) in [5, 5.41) is 32.0. The number of aryl methyl sites for hydroxylation is 1. The number of aromatic hydroxyl groups is 2. The third-order valence-electron chi connectivity index (χ3n) is 5.99. The first kappa shape index (κ1) is 18.2. The molecule has 144 valence electrons. The van der Waals surface area contributed by atoms with Gasteiger partial charge >= 0.3 is 0 Å². The van der Waals surface area contributed by atoms with E-state index < -0.39 is 46.6 Å². The highest BCUT2D eigenvalue weighted by Crippen LogP contribution is 2.47. The van der Waals surface area contributed by atoms with Gasteiger partial charge in [0, 0.05) is 5.92 Å². The molecule has 2 aliphatic carbocycles. The number of carbonyl (C=O) groups excluding carboxylic acids is 3. The normalized spacial score (nSPS) is 24.3. The fraction of sp³-hybridized carbons (Fsp3) is 0.286. The quantitative estimate of drug-likeness (QED) is 0.437. The number of phenols is 2. The topological polar surface area (TPSA) is 138 Å². The summed E-state index contributed by atoms with van der Waals surface area (Å²) in [5.41, 5.74) is 6.83. The summed E-state index contributed by atoms with van der Waals surface area (Å²) in [6.07, 6.45) is 0.179. The smallest absolute Gasteiger partial charge is 0.181 e. The summed E-state index contributed by atoms with van der Waals surface area (Å²) in [6.45, 7) is 2.89. The highest BCUT2D eigenvalue weighted by molar-refractivity contribution is 6.29. The second-order valence-corrected chi connectivity index (χ2v) is 7.44. The Kier molecular flexibility index (Phi) is 3.83. The molecule has 0 aliphatic heterocycles. The van der Waals surface area contributed by atoms with Crippen LogP contribution in [0.5, 0.6) is 11.5 Å². The standard InChI is InChI=1S/C21H19NO6/c1-7-9-4-3-5-12(24)14(9)19(26)15-10(7)6-11-16(20(15)27)18(25)13(8(2)23)21(28)17(11)22/h3-5,11,16-17,24,26,28H,6,22H2,1-2H3/t11?,16?,17-/m1/s1. The highest BCUT2D eigenvalue weighted by atomic mass is 16.3. The van der Waals surface area contributed by atoms with Crippen LogP contribution in [0.25, 0.3) is 10.8 Å². The van der Waals surface area contributed by atoms with Crippen LogP contribution < -0.4 is 5.73 Å². The van der Waals surface area contributed by atoms with Gasteiger partial charge in [0.2, 0.25) is 0 Å². The van der Waals surface area contributed by atoms with Crippen LogP contribution in [0.2, 0.25) is 0 Å². The van der Waals surface area contributed by atoms with Crippen molar-refractivity contribution < 1.29 is 29.7 Å². The maximum absolute atomic E-state index is 13.3. The van der Waals surface area contributed by atoms with Crippen molar-refractivity contribution in [2.75, 3.05) is 0 Å². The van der Waals surface area contributed by atoms with E-state index in [1.54, 1.807) is 19.1 Å². The summed E-state index contributed by atoms with van der Waals surface area (Å²) < 4.78 is 0. The van der Waals surface area contributed by atoms with E-state index in [0.29, 0.717) is 16.5 Å². The average Bonchev–Trinajstić information content (AvgIpc) is 2.63. The maximum Gasteiger partial charge on any atom is 0.181 e. The molecule has 0 saturated carbocycles. The SMILES string of the molecule is CC(=O)C1=C(O)[C@H](N)C2Cc3c(c(O)c4c(O)cccc4c3C)C(=O)C2C1=O. The number of benzene rings is 2. The molecule has 4 rings (SSSR count). The first-order valence-corrected chi connectivity index (χ1v) is 8.91. The minimum atomic E-state index is -1.26. The maximum atomic E-state index is 13.3. The molecule has 2 aromatic carbocycles. The lowest BCUT2D eigenvalue weighted by molar-refractivity contribution is -0.124. The molecule has 0 amide bonds. The van der Waals surface area contributed by atoms with Crippen LogP contribution in [0.1, 0.15) is 28.4 Å². The molecule has 3 atom stereocenters. The van der Waals surface area contributed by atoms with Crippen LogP contribution in [0.15, 0.2) is 29.5 Å². The van der Waals surface area contributed by atoms with Crippen molar-refractivity contribution in [3.63, 3.8) is 0 Å². The second kappa shape index (κ2) is 5.90. The van der Waals surface area contributed by atoms with Gasteiger partial charge in [-0.3, -0.25) is 14.4 Å². The van der Waals surface area contributed by atoms with Gasteiger partial charge in [-0.15, -0.1) is 0 Å². The van der Waals surface area contributed by atoms with Gasteiger partial charge in [-0.2, -0.15) is 0 Å². The Morgan fingerprint density at radius 2 is 1.82 bits per heavy atom. The molecule has 2 unspecified atom stereocenters. The molecule has 28 heavy (non-hydrogen) atoms. The number of fused-ring (bicyclic) bond motifs is 3. The minimum absolute atomic E-state index is 0.0300. The molecule has 7 heteroatoms. The summed E-state index contributed by atoms with van der Waals surface area (Å²) in [7, 11) is 0. The van der Waals surface area contributed by atoms with Gasteiger partial charge in [-0.25, -0.2) is 0 Å². The van der Waals surface area contributed by atoms with E-state index >= 15 is 0 Å². The van der Waals surface area contributed by atoms with Crippen molar-refractivity contribution >= 4 is 28.1 Å². The number of aliphatic hydroxyl groups is 1. The summed E-state index contributed by atoms with van der Waals surface area (Å²) in [4.78, 5) is 38.0. The predicted octanol–water partition coefficient (Wildman–Crippen LogP) is 1.84. The van der Waals surface area contributed by atoms with Gasteiger partial charge in [-0.05, 0) is 42.8 Å². The molecule has 2 aromatic rings. The third-order valence-corrected chi connectivity index (χ3v) is 5.99. The van der Waals surface area contributed by atoms with E-state index in [1.165, 1.54) is 6.07 Å². The number of aliphatic hydroxyl groups excluding tert-OH is 1. The Labute approximate surface area is 160 Å². The Hall–Kier alpha value is -3.19. The Morgan fingerprint density at radius 1 is 1.14 bits per heavy atom. The van der Waals surface area contributed by atoms with Crippen LogP contribution in [0.4, 0.5) is 0 Å². The van der Waals surface area contributed by atoms with Crippen LogP contribution in [0, 0.1) is 18.8 Å². The Morgan fingerprint density at radius 3 is 2.46 bits per heavy atom. The summed E-state index contributed by atoms with van der Waals surface area (Å²) in [6, 6.07) is 3.71. The number of nitrogens with two attached hydrogens (primary N) is 1. The van der Waals surface area contributed by atoms with Crippen molar-refractivity contribution in [1.82, 2.24) is 0 Å². The fourth-order valence-electron chi connectivity index (χ4n) is 4.60. The van der Waals surface area contributed by atoms with E-state index in [4.69, 9.17) is 5.73 Å². The summed E-state index contributed by atoms with van der Waals surface area (Å²) in [5.74, 6) is -5.12. The van der Waals surface area contributed by atoms with Gasteiger partial charge < -0.3 is 21.1 Å². The van der Waals surface area contributed by atoms with Crippen molar-refractivity contribution in [1.29, 1.82) is 0 Å². The first-order chi connectivity index (χ1) is 13.2.